The largest absolute Gasteiger partial charge is 0.506 e. The summed E-state index contributed by atoms with van der Waals surface area (Å²) in [4.78, 5) is 12.4. The molecule has 0 aliphatic rings. The number of ether oxygens (including phenoxy) is 1. The van der Waals surface area contributed by atoms with Gasteiger partial charge in [-0.05, 0) is 35.0 Å². The van der Waals surface area contributed by atoms with Gasteiger partial charge in [-0.2, -0.15) is 0 Å². The molecule has 0 bridgehead atoms. The van der Waals surface area contributed by atoms with E-state index >= 15 is 0 Å². The van der Waals surface area contributed by atoms with Crippen molar-refractivity contribution in [2.45, 2.75) is 0 Å². The van der Waals surface area contributed by atoms with Crippen molar-refractivity contribution < 1.29 is 14.6 Å². The molecule has 0 unspecified atom stereocenters. The van der Waals surface area contributed by atoms with Crippen LogP contribution in [0.1, 0.15) is 10.4 Å². The molecule has 0 aliphatic heterocycles. The van der Waals surface area contributed by atoms with Gasteiger partial charge in [-0.25, -0.2) is 0 Å². The van der Waals surface area contributed by atoms with E-state index in [1.807, 2.05) is 24.3 Å². The topological polar surface area (TPSA) is 58.6 Å². The molecule has 0 radical (unpaired) electrons. The smallest absolute Gasteiger partial charge is 0.259 e. The second-order valence-corrected chi connectivity index (χ2v) is 4.87. The predicted octanol–water partition coefficient (Wildman–Crippen LogP) is 3.81. The summed E-state index contributed by atoms with van der Waals surface area (Å²) in [6.45, 7) is 0. The molecule has 4 heteroatoms. The molecule has 0 spiro atoms. The molecule has 4 nitrogen and oxygen atoms in total. The SMILES string of the molecule is COc1ccccc1C(=O)Nc1cc2ccccc2cc1O. The fourth-order valence-corrected chi connectivity index (χ4v) is 2.35. The van der Waals surface area contributed by atoms with E-state index in [0.717, 1.165) is 10.8 Å². The first kappa shape index (κ1) is 13.9. The standard InChI is InChI=1S/C18H15NO3/c1-22-17-9-5-4-8-14(17)18(21)19-15-10-12-6-2-3-7-13(12)11-16(15)20/h2-11,20H,1H3,(H,19,21). The monoisotopic (exact) mass is 293 g/mol. The van der Waals surface area contributed by atoms with Crippen molar-refractivity contribution in [1.82, 2.24) is 0 Å². The van der Waals surface area contributed by atoms with Crippen LogP contribution in [0.25, 0.3) is 10.8 Å². The van der Waals surface area contributed by atoms with Gasteiger partial charge in [0.05, 0.1) is 18.4 Å². The summed E-state index contributed by atoms with van der Waals surface area (Å²) >= 11 is 0. The first-order valence-corrected chi connectivity index (χ1v) is 6.85. The number of phenolic OH excluding ortho intramolecular Hbond substituents is 1. The van der Waals surface area contributed by atoms with E-state index in [4.69, 9.17) is 4.74 Å². The quantitative estimate of drug-likeness (QED) is 0.722. The van der Waals surface area contributed by atoms with E-state index in [9.17, 15) is 9.90 Å². The van der Waals surface area contributed by atoms with E-state index in [2.05, 4.69) is 5.32 Å². The number of phenols is 1. The molecule has 0 atom stereocenters. The van der Waals surface area contributed by atoms with Gasteiger partial charge < -0.3 is 15.2 Å². The molecule has 0 saturated carbocycles. The van der Waals surface area contributed by atoms with E-state index in [-0.39, 0.29) is 11.7 Å². The number of rotatable bonds is 3. The van der Waals surface area contributed by atoms with Crippen LogP contribution < -0.4 is 10.1 Å². The molecule has 0 saturated heterocycles. The minimum Gasteiger partial charge on any atom is -0.506 e. The number of aromatic hydroxyl groups is 1. The van der Waals surface area contributed by atoms with Crippen LogP contribution in [0.5, 0.6) is 11.5 Å². The average Bonchev–Trinajstić information content (AvgIpc) is 2.55. The Bertz CT molecular complexity index is 843. The maximum Gasteiger partial charge on any atom is 0.259 e. The third kappa shape index (κ3) is 2.59. The second-order valence-electron chi connectivity index (χ2n) is 4.87. The highest BCUT2D eigenvalue weighted by molar-refractivity contribution is 6.08. The fraction of sp³-hybridized carbons (Fsp3) is 0.0556. The Morgan fingerprint density at radius 3 is 2.36 bits per heavy atom. The molecular formula is C18H15NO3. The Morgan fingerprint density at radius 1 is 1.00 bits per heavy atom. The van der Waals surface area contributed by atoms with Crippen LogP contribution in [-0.2, 0) is 0 Å². The van der Waals surface area contributed by atoms with Crippen LogP contribution >= 0.6 is 0 Å². The van der Waals surface area contributed by atoms with E-state index in [1.165, 1.54) is 7.11 Å². The predicted molar refractivity (Wildman–Crippen MR) is 86.6 cm³/mol. The lowest BCUT2D eigenvalue weighted by Gasteiger charge is -2.11. The Labute approximate surface area is 128 Å². The van der Waals surface area contributed by atoms with Gasteiger partial charge in [0, 0.05) is 0 Å². The molecule has 110 valence electrons. The maximum atomic E-state index is 12.4. The van der Waals surface area contributed by atoms with Crippen molar-refractivity contribution in [3.05, 3.63) is 66.2 Å². The molecule has 1 amide bonds. The van der Waals surface area contributed by atoms with Crippen LogP contribution in [0.4, 0.5) is 5.69 Å². The minimum atomic E-state index is -0.331. The van der Waals surface area contributed by atoms with Gasteiger partial charge in [-0.1, -0.05) is 36.4 Å². The Kier molecular flexibility index (Phi) is 3.66. The molecule has 3 rings (SSSR count). The molecule has 0 fully saturated rings. The van der Waals surface area contributed by atoms with Gasteiger partial charge in [0.2, 0.25) is 0 Å². The van der Waals surface area contributed by atoms with Crippen LogP contribution in [0.2, 0.25) is 0 Å². The molecular weight excluding hydrogens is 278 g/mol. The summed E-state index contributed by atoms with van der Waals surface area (Å²) < 4.78 is 5.18. The van der Waals surface area contributed by atoms with Gasteiger partial charge in [0.25, 0.3) is 5.91 Å². The molecule has 22 heavy (non-hydrogen) atoms. The van der Waals surface area contributed by atoms with Crippen molar-refractivity contribution in [2.75, 3.05) is 12.4 Å². The molecule has 0 aliphatic carbocycles. The summed E-state index contributed by atoms with van der Waals surface area (Å²) in [5, 5.41) is 14.7. The number of carbonyl (C=O) groups excluding carboxylic acids is 1. The van der Waals surface area contributed by atoms with Crippen LogP contribution in [-0.4, -0.2) is 18.1 Å². The summed E-state index contributed by atoms with van der Waals surface area (Å²) in [7, 11) is 1.51. The van der Waals surface area contributed by atoms with Crippen molar-refractivity contribution in [1.29, 1.82) is 0 Å². The van der Waals surface area contributed by atoms with Crippen LogP contribution in [0, 0.1) is 0 Å². The van der Waals surface area contributed by atoms with Crippen molar-refractivity contribution in [3.63, 3.8) is 0 Å². The number of hydrogen-bond donors (Lipinski definition) is 2. The second kappa shape index (κ2) is 5.77. The average molecular weight is 293 g/mol. The molecule has 3 aromatic carbocycles. The Morgan fingerprint density at radius 2 is 1.64 bits per heavy atom. The van der Waals surface area contributed by atoms with Gasteiger partial charge in [-0.3, -0.25) is 4.79 Å². The number of amides is 1. The van der Waals surface area contributed by atoms with E-state index in [1.54, 1.807) is 36.4 Å². The zero-order valence-corrected chi connectivity index (χ0v) is 12.0. The highest BCUT2D eigenvalue weighted by Gasteiger charge is 2.13. The molecule has 0 heterocycles. The van der Waals surface area contributed by atoms with Crippen LogP contribution in [0.15, 0.2) is 60.7 Å². The number of benzene rings is 3. The highest BCUT2D eigenvalue weighted by atomic mass is 16.5. The summed E-state index contributed by atoms with van der Waals surface area (Å²) in [5.74, 6) is 0.185. The number of anilines is 1. The third-order valence-electron chi connectivity index (χ3n) is 3.46. The molecule has 3 aromatic rings. The van der Waals surface area contributed by atoms with E-state index < -0.39 is 0 Å². The number of para-hydroxylation sites is 1. The van der Waals surface area contributed by atoms with Crippen molar-refractivity contribution >= 4 is 22.4 Å². The first-order valence-electron chi connectivity index (χ1n) is 6.85. The lowest BCUT2D eigenvalue weighted by atomic mass is 10.1. The highest BCUT2D eigenvalue weighted by Crippen LogP contribution is 2.30. The number of methoxy groups -OCH3 is 1. The molecule has 0 aromatic heterocycles. The zero-order chi connectivity index (χ0) is 15.5. The number of fused-ring (bicyclic) bond motifs is 1. The molecule has 2 N–H and O–H groups in total. The number of hydrogen-bond acceptors (Lipinski definition) is 3. The van der Waals surface area contributed by atoms with Crippen molar-refractivity contribution in [2.24, 2.45) is 0 Å². The van der Waals surface area contributed by atoms with Crippen molar-refractivity contribution in [3.8, 4) is 11.5 Å². The lowest BCUT2D eigenvalue weighted by molar-refractivity contribution is 0.102. The number of nitrogens with one attached hydrogen (secondary N) is 1. The third-order valence-corrected chi connectivity index (χ3v) is 3.46. The Balaban J connectivity index is 1.95. The van der Waals surface area contributed by atoms with Crippen LogP contribution in [0.3, 0.4) is 0 Å². The Hall–Kier alpha value is -3.01. The maximum absolute atomic E-state index is 12.4. The summed E-state index contributed by atoms with van der Waals surface area (Å²) in [6.07, 6.45) is 0. The fourth-order valence-electron chi connectivity index (χ4n) is 2.35. The minimum absolute atomic E-state index is 0.0296. The lowest BCUT2D eigenvalue weighted by Crippen LogP contribution is -2.13. The van der Waals surface area contributed by atoms with Gasteiger partial charge in [-0.15, -0.1) is 0 Å². The normalized spacial score (nSPS) is 10.4. The van der Waals surface area contributed by atoms with Gasteiger partial charge >= 0.3 is 0 Å². The van der Waals surface area contributed by atoms with Gasteiger partial charge in [0.1, 0.15) is 11.5 Å². The van der Waals surface area contributed by atoms with Gasteiger partial charge in [0.15, 0.2) is 0 Å². The summed E-state index contributed by atoms with van der Waals surface area (Å²) in [5.41, 5.74) is 0.784. The number of carbonyl (C=O) groups is 1. The van der Waals surface area contributed by atoms with E-state index in [0.29, 0.717) is 17.0 Å². The first-order chi connectivity index (χ1) is 10.7. The summed E-state index contributed by atoms with van der Waals surface area (Å²) in [6, 6.07) is 18.0. The zero-order valence-electron chi connectivity index (χ0n) is 12.0.